The summed E-state index contributed by atoms with van der Waals surface area (Å²) in [4.78, 5) is 23.3. The fraction of sp³-hybridized carbons (Fsp3) is 0.0500. The minimum absolute atomic E-state index is 0.132. The molecule has 2 aromatic carbocycles. The summed E-state index contributed by atoms with van der Waals surface area (Å²) in [5.74, 6) is 0. The molecule has 0 aliphatic heterocycles. The molecule has 3 aromatic heterocycles. The SMILES string of the molecule is Cc1ccc(-c2csc3ncn4c(=O)c5cc(Br)cc(Br)c5nc4c23)cc1. The summed E-state index contributed by atoms with van der Waals surface area (Å²) >= 11 is 8.54. The highest BCUT2D eigenvalue weighted by atomic mass is 79.9. The second-order valence-corrected chi connectivity index (χ2v) is 8.96. The Morgan fingerprint density at radius 3 is 2.67 bits per heavy atom. The summed E-state index contributed by atoms with van der Waals surface area (Å²) in [6, 6.07) is 12.0. The van der Waals surface area contributed by atoms with E-state index in [0.717, 1.165) is 30.3 Å². The summed E-state index contributed by atoms with van der Waals surface area (Å²) in [5, 5.41) is 3.53. The number of fused-ring (bicyclic) bond motifs is 4. The Bertz CT molecular complexity index is 1420. The highest BCUT2D eigenvalue weighted by Crippen LogP contribution is 2.35. The maximum absolute atomic E-state index is 13.1. The van der Waals surface area contributed by atoms with Crippen molar-refractivity contribution in [2.45, 2.75) is 6.92 Å². The van der Waals surface area contributed by atoms with Crippen molar-refractivity contribution in [1.82, 2.24) is 14.4 Å². The lowest BCUT2D eigenvalue weighted by molar-refractivity contribution is 1.04. The molecule has 0 radical (unpaired) electrons. The molecule has 5 rings (SSSR count). The van der Waals surface area contributed by atoms with E-state index in [1.807, 2.05) is 6.07 Å². The average Bonchev–Trinajstić information content (AvgIpc) is 3.08. The van der Waals surface area contributed by atoms with Gasteiger partial charge in [-0.05, 0) is 40.5 Å². The van der Waals surface area contributed by atoms with Crippen molar-refractivity contribution in [3.05, 3.63) is 73.0 Å². The summed E-state index contributed by atoms with van der Waals surface area (Å²) in [6.07, 6.45) is 1.57. The fourth-order valence-electron chi connectivity index (χ4n) is 3.23. The lowest BCUT2D eigenvalue weighted by Crippen LogP contribution is -2.16. The van der Waals surface area contributed by atoms with Gasteiger partial charge in [-0.15, -0.1) is 11.3 Å². The van der Waals surface area contributed by atoms with Gasteiger partial charge in [0.1, 0.15) is 11.2 Å². The Balaban J connectivity index is 1.96. The predicted molar refractivity (Wildman–Crippen MR) is 118 cm³/mol. The van der Waals surface area contributed by atoms with Crippen LogP contribution in [0.4, 0.5) is 0 Å². The first kappa shape index (κ1) is 17.0. The number of hydrogen-bond acceptors (Lipinski definition) is 4. The van der Waals surface area contributed by atoms with Gasteiger partial charge >= 0.3 is 0 Å². The third-order valence-electron chi connectivity index (χ3n) is 4.57. The van der Waals surface area contributed by atoms with E-state index in [1.54, 1.807) is 23.7 Å². The smallest absolute Gasteiger partial charge is 0.267 e. The zero-order chi connectivity index (χ0) is 18.7. The summed E-state index contributed by atoms with van der Waals surface area (Å²) < 4.78 is 3.14. The molecule has 0 saturated heterocycles. The minimum atomic E-state index is -0.132. The van der Waals surface area contributed by atoms with Gasteiger partial charge in [0.15, 0.2) is 5.65 Å². The highest BCUT2D eigenvalue weighted by Gasteiger charge is 2.16. The standard InChI is InChI=1S/C20H11Br2N3OS/c1-10-2-4-11(5-3-10)14-8-27-19-16(14)18-24-17-13(6-12(21)7-15(17)22)20(26)25(18)9-23-19/h2-9H,1H3. The van der Waals surface area contributed by atoms with Crippen LogP contribution in [0.25, 0.3) is 37.9 Å². The third-order valence-corrected chi connectivity index (χ3v) is 6.52. The molecule has 3 heterocycles. The monoisotopic (exact) mass is 499 g/mol. The molecule has 0 saturated carbocycles. The van der Waals surface area contributed by atoms with Gasteiger partial charge in [0.25, 0.3) is 5.56 Å². The number of thiophene rings is 1. The van der Waals surface area contributed by atoms with Crippen molar-refractivity contribution < 1.29 is 0 Å². The first-order chi connectivity index (χ1) is 13.0. The molecule has 132 valence electrons. The summed E-state index contributed by atoms with van der Waals surface area (Å²) in [7, 11) is 0. The zero-order valence-electron chi connectivity index (χ0n) is 14.0. The second-order valence-electron chi connectivity index (χ2n) is 6.33. The van der Waals surface area contributed by atoms with Crippen LogP contribution in [0.2, 0.25) is 0 Å². The molecular formula is C20H11Br2N3OS. The van der Waals surface area contributed by atoms with Crippen LogP contribution < -0.4 is 5.56 Å². The van der Waals surface area contributed by atoms with E-state index in [9.17, 15) is 4.79 Å². The molecule has 7 heteroatoms. The zero-order valence-corrected chi connectivity index (χ0v) is 18.0. The Morgan fingerprint density at radius 2 is 1.89 bits per heavy atom. The number of halogens is 2. The van der Waals surface area contributed by atoms with Crippen molar-refractivity contribution in [2.24, 2.45) is 0 Å². The molecule has 0 bridgehead atoms. The molecule has 0 aliphatic rings. The van der Waals surface area contributed by atoms with Gasteiger partial charge in [-0.3, -0.25) is 4.79 Å². The van der Waals surface area contributed by atoms with Crippen LogP contribution >= 0.6 is 43.2 Å². The van der Waals surface area contributed by atoms with Crippen LogP contribution in [-0.4, -0.2) is 14.4 Å². The lowest BCUT2D eigenvalue weighted by atomic mass is 10.0. The average molecular weight is 501 g/mol. The summed E-state index contributed by atoms with van der Waals surface area (Å²) in [5.41, 5.74) is 4.48. The Kier molecular flexibility index (Phi) is 3.93. The molecule has 0 fully saturated rings. The molecule has 0 amide bonds. The van der Waals surface area contributed by atoms with Crippen molar-refractivity contribution >= 4 is 70.0 Å². The van der Waals surface area contributed by atoms with Crippen LogP contribution in [0.3, 0.4) is 0 Å². The van der Waals surface area contributed by atoms with Crippen molar-refractivity contribution in [3.8, 4) is 11.1 Å². The van der Waals surface area contributed by atoms with Gasteiger partial charge in [0.05, 0.1) is 16.3 Å². The quantitative estimate of drug-likeness (QED) is 0.267. The number of benzene rings is 2. The Hall–Kier alpha value is -2.09. The number of nitrogens with zero attached hydrogens (tertiary/aromatic N) is 3. The van der Waals surface area contributed by atoms with E-state index in [1.165, 1.54) is 9.96 Å². The molecule has 0 unspecified atom stereocenters. The Morgan fingerprint density at radius 1 is 1.11 bits per heavy atom. The van der Waals surface area contributed by atoms with E-state index < -0.39 is 0 Å². The van der Waals surface area contributed by atoms with Crippen molar-refractivity contribution in [3.63, 3.8) is 0 Å². The fourth-order valence-corrected chi connectivity index (χ4v) is 5.45. The molecule has 0 atom stereocenters. The molecule has 0 spiro atoms. The van der Waals surface area contributed by atoms with E-state index in [0.29, 0.717) is 16.6 Å². The maximum Gasteiger partial charge on any atom is 0.267 e. The topological polar surface area (TPSA) is 47.3 Å². The first-order valence-corrected chi connectivity index (χ1v) is 10.6. The number of rotatable bonds is 1. The van der Waals surface area contributed by atoms with Gasteiger partial charge in [-0.1, -0.05) is 45.8 Å². The highest BCUT2D eigenvalue weighted by molar-refractivity contribution is 9.11. The van der Waals surface area contributed by atoms with Crippen molar-refractivity contribution in [2.75, 3.05) is 0 Å². The molecular weight excluding hydrogens is 490 g/mol. The second kappa shape index (κ2) is 6.22. The van der Waals surface area contributed by atoms with E-state index in [4.69, 9.17) is 4.98 Å². The van der Waals surface area contributed by atoms with E-state index in [2.05, 4.69) is 73.4 Å². The molecule has 5 aromatic rings. The largest absolute Gasteiger partial charge is 0.268 e. The van der Waals surface area contributed by atoms with Gasteiger partial charge in [-0.2, -0.15) is 0 Å². The van der Waals surface area contributed by atoms with Crippen molar-refractivity contribution in [1.29, 1.82) is 0 Å². The van der Waals surface area contributed by atoms with Crippen LogP contribution in [0.5, 0.6) is 0 Å². The van der Waals surface area contributed by atoms with Crippen LogP contribution in [-0.2, 0) is 0 Å². The number of aryl methyl sites for hydroxylation is 1. The summed E-state index contributed by atoms with van der Waals surface area (Å²) in [6.45, 7) is 2.06. The van der Waals surface area contributed by atoms with E-state index >= 15 is 0 Å². The van der Waals surface area contributed by atoms with Crippen LogP contribution in [0.15, 0.2) is 61.8 Å². The molecule has 0 N–H and O–H groups in total. The molecule has 0 aliphatic carbocycles. The Labute approximate surface area is 174 Å². The van der Waals surface area contributed by atoms with Gasteiger partial charge in [0.2, 0.25) is 0 Å². The number of hydrogen-bond donors (Lipinski definition) is 0. The number of aromatic nitrogens is 3. The van der Waals surface area contributed by atoms with Crippen LogP contribution in [0, 0.1) is 6.92 Å². The van der Waals surface area contributed by atoms with Gasteiger partial charge < -0.3 is 0 Å². The molecule has 4 nitrogen and oxygen atoms in total. The van der Waals surface area contributed by atoms with Crippen LogP contribution in [0.1, 0.15) is 5.56 Å². The lowest BCUT2D eigenvalue weighted by Gasteiger charge is -2.08. The molecule has 27 heavy (non-hydrogen) atoms. The predicted octanol–water partition coefficient (Wildman–Crippen LogP) is 5.96. The van der Waals surface area contributed by atoms with Gasteiger partial charge in [-0.25, -0.2) is 14.4 Å². The normalized spacial score (nSPS) is 11.7. The van der Waals surface area contributed by atoms with E-state index in [-0.39, 0.29) is 5.56 Å². The maximum atomic E-state index is 13.1. The minimum Gasteiger partial charge on any atom is -0.268 e. The van der Waals surface area contributed by atoms with Gasteiger partial charge in [0, 0.05) is 19.9 Å². The third kappa shape index (κ3) is 2.64. The first-order valence-electron chi connectivity index (χ1n) is 8.17.